The van der Waals surface area contributed by atoms with Crippen LogP contribution >= 0.6 is 15.9 Å². The van der Waals surface area contributed by atoms with E-state index in [0.29, 0.717) is 4.47 Å². The lowest BCUT2D eigenvalue weighted by atomic mass is 10.2. The summed E-state index contributed by atoms with van der Waals surface area (Å²) >= 11 is 3.10. The van der Waals surface area contributed by atoms with Gasteiger partial charge in [-0.05, 0) is 12.1 Å². The third-order valence-electron chi connectivity index (χ3n) is 1.50. The number of hydrogen-bond donors (Lipinski definition) is 2. The number of methoxy groups -OCH3 is 1. The van der Waals surface area contributed by atoms with Crippen molar-refractivity contribution in [3.05, 3.63) is 28.0 Å². The Morgan fingerprint density at radius 3 is 2.69 bits per heavy atom. The smallest absolute Gasteiger partial charge is 0.166 e. The van der Waals surface area contributed by atoms with Crippen molar-refractivity contribution in [3.63, 3.8) is 0 Å². The fourth-order valence-electron chi connectivity index (χ4n) is 0.968. The Hall–Kier alpha value is -1.10. The predicted molar refractivity (Wildman–Crippen MR) is 51.7 cm³/mol. The molecule has 13 heavy (non-hydrogen) atoms. The molecule has 0 atom stereocenters. The molecule has 0 aliphatic heterocycles. The molecule has 0 saturated carbocycles. The molecule has 0 unspecified atom stereocenters. The highest BCUT2D eigenvalue weighted by atomic mass is 79.9. The molecule has 0 heterocycles. The fraction of sp³-hybridized carbons (Fsp3) is 0.125. The van der Waals surface area contributed by atoms with Gasteiger partial charge in [0, 0.05) is 4.47 Å². The molecule has 0 aliphatic rings. The molecular weight excluding hydrogens is 239 g/mol. The molecule has 0 radical (unpaired) electrons. The quantitative estimate of drug-likeness (QED) is 0.619. The first-order valence-corrected chi connectivity index (χ1v) is 4.23. The van der Waals surface area contributed by atoms with Crippen molar-refractivity contribution in [2.45, 2.75) is 0 Å². The van der Waals surface area contributed by atoms with Gasteiger partial charge in [-0.15, -0.1) is 0 Å². The van der Waals surface area contributed by atoms with E-state index in [9.17, 15) is 4.39 Å². The van der Waals surface area contributed by atoms with Crippen LogP contribution in [0.1, 0.15) is 5.56 Å². The molecule has 0 aromatic heterocycles. The molecule has 3 nitrogen and oxygen atoms in total. The van der Waals surface area contributed by atoms with Gasteiger partial charge >= 0.3 is 0 Å². The van der Waals surface area contributed by atoms with Crippen molar-refractivity contribution < 1.29 is 9.13 Å². The molecular formula is C8H8BrFN2O. The number of rotatable bonds is 2. The molecule has 0 saturated heterocycles. The van der Waals surface area contributed by atoms with Crippen LogP contribution in [0.3, 0.4) is 0 Å². The van der Waals surface area contributed by atoms with Gasteiger partial charge in [0.2, 0.25) is 0 Å². The van der Waals surface area contributed by atoms with Gasteiger partial charge in [-0.2, -0.15) is 0 Å². The third-order valence-corrected chi connectivity index (χ3v) is 1.96. The van der Waals surface area contributed by atoms with Gasteiger partial charge in [-0.1, -0.05) is 15.9 Å². The lowest BCUT2D eigenvalue weighted by Crippen LogP contribution is -2.13. The number of halogens is 2. The Bertz CT molecular complexity index is 354. The van der Waals surface area contributed by atoms with E-state index in [1.807, 2.05) is 0 Å². The molecule has 5 heteroatoms. The number of nitrogen functional groups attached to an aromatic ring is 1. The Balaban J connectivity index is 3.38. The summed E-state index contributed by atoms with van der Waals surface area (Å²) in [5.74, 6) is -0.769. The average molecular weight is 247 g/mol. The van der Waals surface area contributed by atoms with Crippen LogP contribution in [-0.4, -0.2) is 12.9 Å². The summed E-state index contributed by atoms with van der Waals surface area (Å²) in [5.41, 5.74) is 5.49. The summed E-state index contributed by atoms with van der Waals surface area (Å²) in [5, 5.41) is 7.18. The van der Waals surface area contributed by atoms with E-state index in [-0.39, 0.29) is 17.1 Å². The van der Waals surface area contributed by atoms with Gasteiger partial charge < -0.3 is 10.5 Å². The summed E-state index contributed by atoms with van der Waals surface area (Å²) in [7, 11) is 1.33. The summed E-state index contributed by atoms with van der Waals surface area (Å²) < 4.78 is 18.5. The SMILES string of the molecule is COc1c(F)cc(Br)cc1C(=N)N. The van der Waals surface area contributed by atoms with Gasteiger partial charge in [-0.3, -0.25) is 5.41 Å². The molecule has 70 valence electrons. The second-order valence-electron chi connectivity index (χ2n) is 2.38. The zero-order chi connectivity index (χ0) is 10.0. The van der Waals surface area contributed by atoms with E-state index in [4.69, 9.17) is 15.9 Å². The van der Waals surface area contributed by atoms with E-state index < -0.39 is 5.82 Å². The second kappa shape index (κ2) is 3.74. The highest BCUT2D eigenvalue weighted by Crippen LogP contribution is 2.26. The summed E-state index contributed by atoms with van der Waals surface area (Å²) in [6.07, 6.45) is 0. The molecule has 1 rings (SSSR count). The largest absolute Gasteiger partial charge is 0.493 e. The predicted octanol–water partition coefficient (Wildman–Crippen LogP) is 1.88. The summed E-state index contributed by atoms with van der Waals surface area (Å²) in [4.78, 5) is 0. The average Bonchev–Trinajstić information content (AvgIpc) is 2.02. The lowest BCUT2D eigenvalue weighted by Gasteiger charge is -2.08. The number of amidine groups is 1. The lowest BCUT2D eigenvalue weighted by molar-refractivity contribution is 0.385. The van der Waals surface area contributed by atoms with Crippen LogP contribution in [0.15, 0.2) is 16.6 Å². The molecule has 0 bridgehead atoms. The Morgan fingerprint density at radius 2 is 2.23 bits per heavy atom. The van der Waals surface area contributed by atoms with E-state index in [1.165, 1.54) is 19.2 Å². The number of hydrogen-bond acceptors (Lipinski definition) is 2. The molecule has 0 amide bonds. The van der Waals surface area contributed by atoms with Crippen LogP contribution in [0.4, 0.5) is 4.39 Å². The molecule has 0 spiro atoms. The first kappa shape index (κ1) is 9.98. The van der Waals surface area contributed by atoms with Gasteiger partial charge in [0.05, 0.1) is 12.7 Å². The summed E-state index contributed by atoms with van der Waals surface area (Å²) in [6, 6.07) is 2.79. The normalized spacial score (nSPS) is 9.77. The highest BCUT2D eigenvalue weighted by molar-refractivity contribution is 9.10. The topological polar surface area (TPSA) is 59.1 Å². The van der Waals surface area contributed by atoms with Gasteiger partial charge in [-0.25, -0.2) is 4.39 Å². The standard InChI is InChI=1S/C8H8BrFN2O/c1-13-7-5(8(11)12)2-4(9)3-6(7)10/h2-3H,1H3,(H3,11,12). The Kier molecular flexibility index (Phi) is 2.87. The maximum Gasteiger partial charge on any atom is 0.166 e. The third kappa shape index (κ3) is 1.98. The number of ether oxygens (including phenoxy) is 1. The van der Waals surface area contributed by atoms with Crippen molar-refractivity contribution in [1.82, 2.24) is 0 Å². The van der Waals surface area contributed by atoms with Gasteiger partial charge in [0.1, 0.15) is 5.84 Å². The van der Waals surface area contributed by atoms with Crippen molar-refractivity contribution in [1.29, 1.82) is 5.41 Å². The van der Waals surface area contributed by atoms with Crippen LogP contribution in [0, 0.1) is 11.2 Å². The molecule has 3 N–H and O–H groups in total. The first-order chi connectivity index (χ1) is 6.06. The number of nitrogens with two attached hydrogens (primary N) is 1. The van der Waals surface area contributed by atoms with Crippen LogP contribution < -0.4 is 10.5 Å². The molecule has 0 fully saturated rings. The minimum absolute atomic E-state index is 0.00398. The molecule has 0 aliphatic carbocycles. The molecule has 1 aromatic rings. The van der Waals surface area contributed by atoms with Crippen LogP contribution in [0.5, 0.6) is 5.75 Å². The minimum Gasteiger partial charge on any atom is -0.493 e. The van der Waals surface area contributed by atoms with Crippen molar-refractivity contribution in [3.8, 4) is 5.75 Å². The molecule has 1 aromatic carbocycles. The van der Waals surface area contributed by atoms with E-state index in [1.54, 1.807) is 0 Å². The first-order valence-electron chi connectivity index (χ1n) is 3.43. The number of benzene rings is 1. The Labute approximate surface area is 83.3 Å². The van der Waals surface area contributed by atoms with E-state index >= 15 is 0 Å². The zero-order valence-corrected chi connectivity index (χ0v) is 8.48. The second-order valence-corrected chi connectivity index (χ2v) is 3.30. The van der Waals surface area contributed by atoms with Crippen LogP contribution in [0.2, 0.25) is 0 Å². The Morgan fingerprint density at radius 1 is 1.62 bits per heavy atom. The maximum atomic E-state index is 13.2. The highest BCUT2D eigenvalue weighted by Gasteiger charge is 2.12. The van der Waals surface area contributed by atoms with E-state index in [2.05, 4.69) is 15.9 Å². The van der Waals surface area contributed by atoms with Crippen LogP contribution in [0.25, 0.3) is 0 Å². The fourth-order valence-corrected chi connectivity index (χ4v) is 1.40. The van der Waals surface area contributed by atoms with Crippen LogP contribution in [-0.2, 0) is 0 Å². The number of nitrogens with one attached hydrogen (secondary N) is 1. The maximum absolute atomic E-state index is 13.2. The summed E-state index contributed by atoms with van der Waals surface area (Å²) in [6.45, 7) is 0. The monoisotopic (exact) mass is 246 g/mol. The van der Waals surface area contributed by atoms with Crippen molar-refractivity contribution in [2.24, 2.45) is 5.73 Å². The van der Waals surface area contributed by atoms with Gasteiger partial charge in [0.25, 0.3) is 0 Å². The van der Waals surface area contributed by atoms with Crippen molar-refractivity contribution >= 4 is 21.8 Å². The van der Waals surface area contributed by atoms with Gasteiger partial charge in [0.15, 0.2) is 11.6 Å². The zero-order valence-electron chi connectivity index (χ0n) is 6.90. The minimum atomic E-state index is -0.540. The van der Waals surface area contributed by atoms with E-state index in [0.717, 1.165) is 0 Å². The van der Waals surface area contributed by atoms with Crippen molar-refractivity contribution in [2.75, 3.05) is 7.11 Å².